The number of nitrogens with one attached hydrogen (secondary N) is 1. The number of nitrogens with zero attached hydrogens (tertiary/aromatic N) is 5. The smallest absolute Gasteiger partial charge is 0.341 e. The molecule has 3 saturated heterocycles. The molecule has 4 atom stereocenters. The number of hydrogen-bond acceptors (Lipinski definition) is 9. The lowest BCUT2D eigenvalue weighted by atomic mass is 10.1. The Hall–Kier alpha value is -3.54. The van der Waals surface area contributed by atoms with Gasteiger partial charge in [-0.3, -0.25) is 4.79 Å². The number of carbonyl (C=O) groups is 1. The maximum absolute atomic E-state index is 12.6. The number of ether oxygens (including phenoxy) is 4. The summed E-state index contributed by atoms with van der Waals surface area (Å²) in [6.07, 6.45) is -0.601. The number of rotatable bonds is 6. The van der Waals surface area contributed by atoms with Crippen LogP contribution in [0.3, 0.4) is 0 Å². The molecule has 1 aromatic heterocycles. The molecule has 3 fully saturated rings. The lowest BCUT2D eigenvalue weighted by molar-refractivity contribution is 0.0606. The van der Waals surface area contributed by atoms with Crippen molar-refractivity contribution < 1.29 is 23.7 Å². The first-order valence-electron chi connectivity index (χ1n) is 11.7. The van der Waals surface area contributed by atoms with Crippen molar-refractivity contribution in [1.29, 1.82) is 0 Å². The molecule has 1 N–H and O–H groups in total. The quantitative estimate of drug-likeness (QED) is 0.562. The molecule has 4 heterocycles. The molecule has 6 rings (SSSR count). The monoisotopic (exact) mass is 478 g/mol. The lowest BCUT2D eigenvalue weighted by Gasteiger charge is -2.29. The van der Waals surface area contributed by atoms with Gasteiger partial charge in [-0.2, -0.15) is 4.68 Å². The summed E-state index contributed by atoms with van der Waals surface area (Å²) in [5, 5.41) is 15.1. The lowest BCUT2D eigenvalue weighted by Crippen LogP contribution is -2.44. The van der Waals surface area contributed by atoms with Crippen molar-refractivity contribution in [2.45, 2.75) is 24.3 Å². The van der Waals surface area contributed by atoms with Crippen molar-refractivity contribution in [2.75, 3.05) is 44.4 Å². The zero-order valence-electron chi connectivity index (χ0n) is 19.0. The minimum absolute atomic E-state index is 0.154. The fraction of sp³-hybridized carbons (Fsp3) is 0.417. The Morgan fingerprint density at radius 3 is 2.69 bits per heavy atom. The molecule has 3 aliphatic rings. The van der Waals surface area contributed by atoms with Gasteiger partial charge in [-0.1, -0.05) is 29.4 Å². The van der Waals surface area contributed by atoms with Gasteiger partial charge in [-0.05, 0) is 34.7 Å². The van der Waals surface area contributed by atoms with E-state index >= 15 is 0 Å². The number of tetrazole rings is 1. The van der Waals surface area contributed by atoms with Crippen LogP contribution in [0.1, 0.15) is 16.4 Å². The first-order chi connectivity index (χ1) is 17.3. The predicted molar refractivity (Wildman–Crippen MR) is 124 cm³/mol. The van der Waals surface area contributed by atoms with Crippen LogP contribution in [0.5, 0.6) is 11.8 Å². The fourth-order valence-corrected chi connectivity index (χ4v) is 4.79. The maximum atomic E-state index is 12.6. The van der Waals surface area contributed by atoms with Gasteiger partial charge in [-0.25, -0.2) is 0 Å². The fourth-order valence-electron chi connectivity index (χ4n) is 4.79. The molecule has 35 heavy (non-hydrogen) atoms. The zero-order valence-corrected chi connectivity index (χ0v) is 19.0. The van der Waals surface area contributed by atoms with Crippen LogP contribution in [0.25, 0.3) is 0 Å². The summed E-state index contributed by atoms with van der Waals surface area (Å²) in [5.74, 6) is 0.486. The normalized spacial score (nSPS) is 25.9. The van der Waals surface area contributed by atoms with Crippen molar-refractivity contribution >= 4 is 11.6 Å². The van der Waals surface area contributed by atoms with Crippen LogP contribution in [0.4, 0.5) is 5.69 Å². The summed E-state index contributed by atoms with van der Waals surface area (Å²) >= 11 is 0. The zero-order chi connectivity index (χ0) is 23.6. The second-order valence-corrected chi connectivity index (χ2v) is 8.71. The molecule has 0 saturated carbocycles. The molecule has 4 unspecified atom stereocenters. The first-order valence-corrected chi connectivity index (χ1v) is 11.7. The summed E-state index contributed by atoms with van der Waals surface area (Å²) in [7, 11) is 0. The van der Waals surface area contributed by atoms with E-state index in [1.807, 2.05) is 42.5 Å². The Kier molecular flexibility index (Phi) is 6.03. The number of carbonyl (C=O) groups excluding carboxylic acids is 1. The maximum Gasteiger partial charge on any atom is 0.341 e. The average Bonchev–Trinajstić information content (AvgIpc) is 3.63. The molecule has 1 amide bonds. The van der Waals surface area contributed by atoms with Gasteiger partial charge in [0.15, 0.2) is 0 Å². The number of aromatic nitrogens is 4. The Balaban J connectivity index is 1.14. The van der Waals surface area contributed by atoms with E-state index in [-0.39, 0.29) is 36.2 Å². The molecule has 11 heteroatoms. The molecule has 182 valence electrons. The molecular formula is C24H26N6O5. The molecule has 3 aliphatic heterocycles. The summed E-state index contributed by atoms with van der Waals surface area (Å²) in [5.41, 5.74) is 1.66. The van der Waals surface area contributed by atoms with Crippen LogP contribution >= 0.6 is 0 Å². The van der Waals surface area contributed by atoms with E-state index in [2.05, 4.69) is 25.7 Å². The number of amides is 1. The SMILES string of the molecule is O=C(NC1COC2C1OCC2n1nnnc1Oc1cccc(N2CCOCC2)c1)c1ccccc1. The van der Waals surface area contributed by atoms with Crippen LogP contribution in [-0.4, -0.2) is 83.9 Å². The van der Waals surface area contributed by atoms with Crippen LogP contribution in [-0.2, 0) is 14.2 Å². The standard InChI is InChI=1S/C24H26N6O5/c31-23(16-5-2-1-3-6-16)25-19-14-33-22-20(15-34-21(19)22)30-24(26-27-28-30)35-18-8-4-7-17(13-18)29-9-11-32-12-10-29/h1-8,13,19-22H,9-12,14-15H2,(H,25,31). The molecule has 11 nitrogen and oxygen atoms in total. The Bertz CT molecular complexity index is 1170. The minimum Gasteiger partial charge on any atom is -0.423 e. The summed E-state index contributed by atoms with van der Waals surface area (Å²) in [6, 6.07) is 16.7. The average molecular weight is 479 g/mol. The van der Waals surface area contributed by atoms with Crippen LogP contribution in [0, 0.1) is 0 Å². The highest BCUT2D eigenvalue weighted by atomic mass is 16.6. The predicted octanol–water partition coefficient (Wildman–Crippen LogP) is 1.44. The van der Waals surface area contributed by atoms with Crippen LogP contribution in [0.2, 0.25) is 0 Å². The van der Waals surface area contributed by atoms with Gasteiger partial charge in [0.1, 0.15) is 24.0 Å². The van der Waals surface area contributed by atoms with E-state index in [0.717, 1.165) is 18.8 Å². The Morgan fingerprint density at radius 2 is 1.83 bits per heavy atom. The minimum atomic E-state index is -0.304. The third-order valence-electron chi connectivity index (χ3n) is 6.56. The van der Waals surface area contributed by atoms with Crippen molar-refractivity contribution in [3.63, 3.8) is 0 Å². The van der Waals surface area contributed by atoms with E-state index in [1.54, 1.807) is 16.8 Å². The van der Waals surface area contributed by atoms with E-state index < -0.39 is 0 Å². The molecule has 0 aliphatic carbocycles. The third-order valence-corrected chi connectivity index (χ3v) is 6.56. The highest BCUT2D eigenvalue weighted by Gasteiger charge is 2.50. The van der Waals surface area contributed by atoms with E-state index in [9.17, 15) is 4.79 Å². The highest BCUT2D eigenvalue weighted by Crippen LogP contribution is 2.36. The van der Waals surface area contributed by atoms with Crippen molar-refractivity contribution in [1.82, 2.24) is 25.5 Å². The largest absolute Gasteiger partial charge is 0.423 e. The summed E-state index contributed by atoms with van der Waals surface area (Å²) < 4.78 is 25.2. The van der Waals surface area contributed by atoms with Gasteiger partial charge in [0.2, 0.25) is 0 Å². The number of benzene rings is 2. The summed E-state index contributed by atoms with van der Waals surface area (Å²) in [4.78, 5) is 14.9. The Labute approximate surface area is 201 Å². The number of fused-ring (bicyclic) bond motifs is 1. The van der Waals surface area contributed by atoms with Crippen LogP contribution in [0.15, 0.2) is 54.6 Å². The molecule has 0 spiro atoms. The highest BCUT2D eigenvalue weighted by molar-refractivity contribution is 5.94. The van der Waals surface area contributed by atoms with Crippen LogP contribution < -0.4 is 15.0 Å². The van der Waals surface area contributed by atoms with Crippen molar-refractivity contribution in [3.8, 4) is 11.8 Å². The molecule has 2 aromatic carbocycles. The molecule has 3 aromatic rings. The second-order valence-electron chi connectivity index (χ2n) is 8.71. The van der Waals surface area contributed by atoms with Gasteiger partial charge in [0.05, 0.1) is 32.5 Å². The first kappa shape index (κ1) is 22.0. The van der Waals surface area contributed by atoms with E-state index in [1.165, 1.54) is 0 Å². The van der Waals surface area contributed by atoms with Gasteiger partial charge in [0.25, 0.3) is 5.91 Å². The van der Waals surface area contributed by atoms with Gasteiger partial charge >= 0.3 is 6.01 Å². The van der Waals surface area contributed by atoms with E-state index in [4.69, 9.17) is 18.9 Å². The Morgan fingerprint density at radius 1 is 1.00 bits per heavy atom. The van der Waals surface area contributed by atoms with E-state index in [0.29, 0.717) is 37.7 Å². The van der Waals surface area contributed by atoms with Crippen molar-refractivity contribution in [3.05, 3.63) is 60.2 Å². The topological polar surface area (TPSA) is 113 Å². The van der Waals surface area contributed by atoms with Gasteiger partial charge in [-0.15, -0.1) is 0 Å². The molecule has 0 radical (unpaired) electrons. The molecular weight excluding hydrogens is 452 g/mol. The second kappa shape index (κ2) is 9.61. The van der Waals surface area contributed by atoms with Crippen molar-refractivity contribution in [2.24, 2.45) is 0 Å². The molecule has 0 bridgehead atoms. The van der Waals surface area contributed by atoms with Gasteiger partial charge in [0, 0.05) is 30.4 Å². The van der Waals surface area contributed by atoms with Gasteiger partial charge < -0.3 is 29.2 Å². The number of anilines is 1. The number of hydrogen-bond donors (Lipinski definition) is 1. The number of morpholine rings is 1. The summed E-state index contributed by atoms with van der Waals surface area (Å²) in [6.45, 7) is 3.79. The third kappa shape index (κ3) is 4.45.